The van der Waals surface area contributed by atoms with Crippen LogP contribution in [0.4, 0.5) is 0 Å². The van der Waals surface area contributed by atoms with Crippen LogP contribution in [-0.2, 0) is 6.42 Å². The molecule has 0 saturated heterocycles. The van der Waals surface area contributed by atoms with Gasteiger partial charge in [-0.15, -0.1) is 0 Å². The highest BCUT2D eigenvalue weighted by molar-refractivity contribution is 5.98. The fourth-order valence-electron chi connectivity index (χ4n) is 4.23. The van der Waals surface area contributed by atoms with Crippen LogP contribution in [0.1, 0.15) is 78.9 Å². The predicted octanol–water partition coefficient (Wildman–Crippen LogP) is 5.55. The topological polar surface area (TPSA) is 82.7 Å². The van der Waals surface area contributed by atoms with E-state index in [2.05, 4.69) is 39.5 Å². The molecule has 0 saturated carbocycles. The molecule has 34 heavy (non-hydrogen) atoms. The number of ketones is 2. The number of Topliss-reactive ketones (excluding diaryl/α,β-unsaturated/α-hetero) is 2. The molecule has 0 spiro atoms. The Bertz CT molecular complexity index is 1350. The van der Waals surface area contributed by atoms with Crippen molar-refractivity contribution in [1.82, 2.24) is 24.3 Å². The Labute approximate surface area is 199 Å². The lowest BCUT2D eigenvalue weighted by atomic mass is 10.0. The number of hydrogen-bond donors (Lipinski definition) is 0. The van der Waals surface area contributed by atoms with Crippen molar-refractivity contribution in [3.8, 4) is 5.69 Å². The second-order valence-electron chi connectivity index (χ2n) is 9.44. The summed E-state index contributed by atoms with van der Waals surface area (Å²) in [6.45, 7) is 10.3. The number of nitrogens with zero attached hydrogens (tertiary/aromatic N) is 5. The molecule has 0 aliphatic carbocycles. The third-order valence-electron chi connectivity index (χ3n) is 5.82. The summed E-state index contributed by atoms with van der Waals surface area (Å²) in [6.07, 6.45) is 5.02. The highest BCUT2D eigenvalue weighted by atomic mass is 16.1. The van der Waals surface area contributed by atoms with Crippen LogP contribution >= 0.6 is 0 Å². The Hall–Kier alpha value is -3.61. The van der Waals surface area contributed by atoms with Gasteiger partial charge < -0.3 is 4.57 Å². The molecule has 0 aliphatic rings. The van der Waals surface area contributed by atoms with Gasteiger partial charge in [0, 0.05) is 25.1 Å². The number of fused-ring (bicyclic) bond motifs is 1. The van der Waals surface area contributed by atoms with E-state index in [1.807, 2.05) is 43.8 Å². The minimum Gasteiger partial charge on any atom is -0.326 e. The molecule has 3 aromatic heterocycles. The Morgan fingerprint density at radius 3 is 2.41 bits per heavy atom. The van der Waals surface area contributed by atoms with E-state index in [-0.39, 0.29) is 17.5 Å². The standard InChI is InChI=1S/C27H31N5O2/c1-17(2)13-27(34)24-8-6-7-23(30-24)26(33)12-9-20-15-28-31(16-20)21-10-11-22-25(14-21)32(18(3)4)19(5)29-22/h6-8,10-11,14-18H,9,12-13H2,1-5H3. The van der Waals surface area contributed by atoms with Gasteiger partial charge in [0.1, 0.15) is 17.2 Å². The van der Waals surface area contributed by atoms with Gasteiger partial charge in [-0.3, -0.25) is 9.59 Å². The fourth-order valence-corrected chi connectivity index (χ4v) is 4.23. The van der Waals surface area contributed by atoms with E-state index in [0.29, 0.717) is 36.7 Å². The maximum atomic E-state index is 12.7. The SMILES string of the molecule is Cc1nc2ccc(-n3cc(CCC(=O)c4cccc(C(=O)CC(C)C)n4)cn3)cc2n1C(C)C. The molecule has 0 amide bonds. The van der Waals surface area contributed by atoms with Crippen molar-refractivity contribution in [3.05, 3.63) is 71.6 Å². The molecule has 176 valence electrons. The van der Waals surface area contributed by atoms with Crippen molar-refractivity contribution in [2.75, 3.05) is 0 Å². The molecule has 0 N–H and O–H groups in total. The van der Waals surface area contributed by atoms with Crippen LogP contribution < -0.4 is 0 Å². The number of pyridine rings is 1. The largest absolute Gasteiger partial charge is 0.326 e. The minimum atomic E-state index is -0.0790. The van der Waals surface area contributed by atoms with Gasteiger partial charge in [-0.25, -0.2) is 14.6 Å². The van der Waals surface area contributed by atoms with E-state index in [1.54, 1.807) is 24.4 Å². The summed E-state index contributed by atoms with van der Waals surface area (Å²) in [7, 11) is 0. The smallest absolute Gasteiger partial charge is 0.181 e. The first-order valence-electron chi connectivity index (χ1n) is 11.8. The summed E-state index contributed by atoms with van der Waals surface area (Å²) in [6, 6.07) is 11.5. The van der Waals surface area contributed by atoms with Crippen molar-refractivity contribution in [2.45, 2.75) is 59.9 Å². The zero-order valence-electron chi connectivity index (χ0n) is 20.4. The third kappa shape index (κ3) is 4.98. The summed E-state index contributed by atoms with van der Waals surface area (Å²) in [5, 5.41) is 4.51. The van der Waals surface area contributed by atoms with Gasteiger partial charge in [0.05, 0.1) is 22.9 Å². The van der Waals surface area contributed by atoms with Crippen LogP contribution in [-0.4, -0.2) is 35.9 Å². The van der Waals surface area contributed by atoms with Crippen molar-refractivity contribution >= 4 is 22.6 Å². The third-order valence-corrected chi connectivity index (χ3v) is 5.82. The van der Waals surface area contributed by atoms with Gasteiger partial charge in [-0.2, -0.15) is 5.10 Å². The molecule has 1 aromatic carbocycles. The Morgan fingerprint density at radius 1 is 0.971 bits per heavy atom. The van der Waals surface area contributed by atoms with E-state index in [0.717, 1.165) is 28.1 Å². The molecule has 0 aliphatic heterocycles. The Balaban J connectivity index is 1.46. The van der Waals surface area contributed by atoms with Crippen molar-refractivity contribution < 1.29 is 9.59 Å². The average molecular weight is 458 g/mol. The van der Waals surface area contributed by atoms with Crippen molar-refractivity contribution in [1.29, 1.82) is 0 Å². The highest BCUT2D eigenvalue weighted by Gasteiger charge is 2.15. The first-order chi connectivity index (χ1) is 16.2. The Morgan fingerprint density at radius 2 is 1.71 bits per heavy atom. The lowest BCUT2D eigenvalue weighted by Crippen LogP contribution is -2.10. The second-order valence-corrected chi connectivity index (χ2v) is 9.44. The van der Waals surface area contributed by atoms with Crippen molar-refractivity contribution in [3.63, 3.8) is 0 Å². The molecule has 0 unspecified atom stereocenters. The van der Waals surface area contributed by atoms with E-state index in [9.17, 15) is 9.59 Å². The van der Waals surface area contributed by atoms with Gasteiger partial charge in [-0.1, -0.05) is 19.9 Å². The zero-order valence-corrected chi connectivity index (χ0v) is 20.4. The second kappa shape index (κ2) is 9.71. The molecule has 0 fully saturated rings. The maximum Gasteiger partial charge on any atom is 0.181 e. The van der Waals surface area contributed by atoms with E-state index in [4.69, 9.17) is 0 Å². The maximum absolute atomic E-state index is 12.7. The van der Waals surface area contributed by atoms with Crippen LogP contribution in [0, 0.1) is 12.8 Å². The van der Waals surface area contributed by atoms with Crippen molar-refractivity contribution in [2.24, 2.45) is 5.92 Å². The molecular formula is C27H31N5O2. The first-order valence-corrected chi connectivity index (χ1v) is 11.8. The lowest BCUT2D eigenvalue weighted by Gasteiger charge is -2.11. The zero-order chi connectivity index (χ0) is 24.4. The molecule has 4 aromatic rings. The number of carbonyl (C=O) groups excluding carboxylic acids is 2. The lowest BCUT2D eigenvalue weighted by molar-refractivity contribution is 0.0962. The van der Waals surface area contributed by atoms with E-state index < -0.39 is 0 Å². The molecule has 7 heteroatoms. The van der Waals surface area contributed by atoms with Gasteiger partial charge in [0.2, 0.25) is 0 Å². The normalized spacial score (nSPS) is 11.6. The minimum absolute atomic E-state index is 0.0306. The van der Waals surface area contributed by atoms with E-state index >= 15 is 0 Å². The number of aromatic nitrogens is 5. The highest BCUT2D eigenvalue weighted by Crippen LogP contribution is 2.23. The molecule has 7 nitrogen and oxygen atoms in total. The number of rotatable bonds is 9. The molecule has 3 heterocycles. The summed E-state index contributed by atoms with van der Waals surface area (Å²) < 4.78 is 4.05. The monoisotopic (exact) mass is 457 g/mol. The number of benzene rings is 1. The fraction of sp³-hybridized carbons (Fsp3) is 0.370. The summed E-state index contributed by atoms with van der Waals surface area (Å²) in [5.74, 6) is 1.13. The number of carbonyl (C=O) groups is 2. The van der Waals surface area contributed by atoms with Crippen LogP contribution in [0.25, 0.3) is 16.7 Å². The molecular weight excluding hydrogens is 426 g/mol. The quantitative estimate of drug-likeness (QED) is 0.308. The predicted molar refractivity (Wildman–Crippen MR) is 133 cm³/mol. The average Bonchev–Trinajstić information content (AvgIpc) is 3.40. The van der Waals surface area contributed by atoms with Crippen LogP contribution in [0.15, 0.2) is 48.8 Å². The number of imidazole rings is 1. The summed E-state index contributed by atoms with van der Waals surface area (Å²) in [5.41, 5.74) is 4.66. The summed E-state index contributed by atoms with van der Waals surface area (Å²) >= 11 is 0. The van der Waals surface area contributed by atoms with Gasteiger partial charge in [0.25, 0.3) is 0 Å². The van der Waals surface area contributed by atoms with Crippen LogP contribution in [0.3, 0.4) is 0 Å². The van der Waals surface area contributed by atoms with Crippen LogP contribution in [0.5, 0.6) is 0 Å². The van der Waals surface area contributed by atoms with Gasteiger partial charge >= 0.3 is 0 Å². The molecule has 0 radical (unpaired) electrons. The molecule has 4 rings (SSSR count). The number of hydrogen-bond acceptors (Lipinski definition) is 5. The van der Waals surface area contributed by atoms with E-state index in [1.165, 1.54) is 0 Å². The molecule has 0 atom stereocenters. The van der Waals surface area contributed by atoms with Crippen LogP contribution in [0.2, 0.25) is 0 Å². The van der Waals surface area contributed by atoms with Gasteiger partial charge in [0.15, 0.2) is 11.6 Å². The van der Waals surface area contributed by atoms with Gasteiger partial charge in [-0.05, 0) is 69.0 Å². The first kappa shape index (κ1) is 23.5. The summed E-state index contributed by atoms with van der Waals surface area (Å²) in [4.78, 5) is 34.0. The molecule has 0 bridgehead atoms. The Kier molecular flexibility index (Phi) is 6.72. The number of aryl methyl sites for hydroxylation is 2.